The van der Waals surface area contributed by atoms with Crippen molar-refractivity contribution < 1.29 is 27.4 Å². The van der Waals surface area contributed by atoms with Crippen molar-refractivity contribution in [3.8, 4) is 17.1 Å². The number of nitrogens with zero attached hydrogens (tertiary/aromatic N) is 4. The molecule has 0 aliphatic carbocycles. The molecule has 11 heteroatoms. The van der Waals surface area contributed by atoms with Crippen LogP contribution in [-0.4, -0.2) is 46.4 Å². The minimum atomic E-state index is -4.57. The summed E-state index contributed by atoms with van der Waals surface area (Å²) in [6.07, 6.45) is -4.57. The van der Waals surface area contributed by atoms with Crippen molar-refractivity contribution in [2.75, 3.05) is 25.6 Å². The topological polar surface area (TPSA) is 91.2 Å². The van der Waals surface area contributed by atoms with E-state index in [1.54, 1.807) is 12.1 Å². The van der Waals surface area contributed by atoms with Gasteiger partial charge in [-0.25, -0.2) is 0 Å². The van der Waals surface area contributed by atoms with Crippen LogP contribution in [0, 0.1) is 0 Å². The van der Waals surface area contributed by atoms with Crippen LogP contribution in [0.2, 0.25) is 0 Å². The third-order valence-electron chi connectivity index (χ3n) is 3.90. The smallest absolute Gasteiger partial charge is 0.416 e. The maximum atomic E-state index is 13.0. The number of methoxy groups -OCH3 is 1. The number of halogens is 3. The number of ether oxygens (including phenoxy) is 2. The van der Waals surface area contributed by atoms with Gasteiger partial charge in [0.2, 0.25) is 11.7 Å². The summed E-state index contributed by atoms with van der Waals surface area (Å²) < 4.78 is 49.4. The third kappa shape index (κ3) is 5.54. The largest absolute Gasteiger partial charge is 0.489 e. The molecule has 0 aliphatic rings. The maximum Gasteiger partial charge on any atom is 0.416 e. The first-order chi connectivity index (χ1) is 14.4. The van der Waals surface area contributed by atoms with Crippen LogP contribution in [0.25, 0.3) is 11.4 Å². The van der Waals surface area contributed by atoms with Gasteiger partial charge in [-0.05, 0) is 23.4 Å². The Labute approximate surface area is 169 Å². The van der Waals surface area contributed by atoms with Crippen molar-refractivity contribution >= 4 is 11.6 Å². The zero-order valence-corrected chi connectivity index (χ0v) is 15.9. The minimum absolute atomic E-state index is 0.0879. The lowest BCUT2D eigenvalue weighted by Gasteiger charge is -2.15. The average molecular weight is 421 g/mol. The lowest BCUT2D eigenvalue weighted by Crippen LogP contribution is -2.21. The summed E-state index contributed by atoms with van der Waals surface area (Å²) in [6, 6.07) is 11.9. The Kier molecular flexibility index (Phi) is 6.62. The lowest BCUT2D eigenvalue weighted by molar-refractivity contribution is -0.137. The van der Waals surface area contributed by atoms with Gasteiger partial charge in [-0.3, -0.25) is 4.79 Å². The molecule has 0 saturated heterocycles. The van der Waals surface area contributed by atoms with Crippen LogP contribution in [0.4, 0.5) is 18.9 Å². The zero-order valence-electron chi connectivity index (χ0n) is 15.9. The molecule has 1 aromatic heterocycles. The molecular weight excluding hydrogens is 403 g/mol. The second kappa shape index (κ2) is 9.35. The molecule has 1 N–H and O–H groups in total. The first-order valence-electron chi connectivity index (χ1n) is 8.83. The highest BCUT2D eigenvalue weighted by molar-refractivity contribution is 5.92. The Morgan fingerprint density at radius 2 is 1.90 bits per heavy atom. The number of hydrogen-bond donors (Lipinski definition) is 1. The van der Waals surface area contributed by atoms with Crippen molar-refractivity contribution in [2.45, 2.75) is 12.7 Å². The second-order valence-corrected chi connectivity index (χ2v) is 6.11. The van der Waals surface area contributed by atoms with Gasteiger partial charge >= 0.3 is 6.18 Å². The van der Waals surface area contributed by atoms with Crippen LogP contribution < -0.4 is 10.1 Å². The summed E-state index contributed by atoms with van der Waals surface area (Å²) in [5, 5.41) is 14.2. The van der Waals surface area contributed by atoms with Crippen LogP contribution in [0.15, 0.2) is 48.5 Å². The normalized spacial score (nSPS) is 11.3. The number of benzene rings is 2. The number of amides is 1. The van der Waals surface area contributed by atoms with E-state index in [1.807, 2.05) is 18.2 Å². The summed E-state index contributed by atoms with van der Waals surface area (Å²) in [4.78, 5) is 13.4. The Morgan fingerprint density at radius 1 is 1.13 bits per heavy atom. The number of tetrazole rings is 1. The molecule has 0 spiro atoms. The standard InChI is InChI=1S/C19H18F3N5O3/c1-29-9-10-30-16-8-7-14(19(20,21)22)11-15(16)23-17(28)12-27-25-18(24-26-27)13-5-3-2-4-6-13/h2-8,11H,9-10,12H2,1H3,(H,23,28). The number of hydrogen-bond acceptors (Lipinski definition) is 6. The molecule has 0 radical (unpaired) electrons. The van der Waals surface area contributed by atoms with Crippen LogP contribution >= 0.6 is 0 Å². The van der Waals surface area contributed by atoms with Gasteiger partial charge in [0, 0.05) is 12.7 Å². The fourth-order valence-corrected chi connectivity index (χ4v) is 2.50. The Balaban J connectivity index is 1.73. The third-order valence-corrected chi connectivity index (χ3v) is 3.90. The molecular formula is C19H18F3N5O3. The molecule has 1 heterocycles. The molecule has 0 fully saturated rings. The van der Waals surface area contributed by atoms with Gasteiger partial charge in [0.05, 0.1) is 17.9 Å². The molecule has 0 saturated carbocycles. The number of anilines is 1. The van der Waals surface area contributed by atoms with Gasteiger partial charge in [0.25, 0.3) is 0 Å². The molecule has 0 unspecified atom stereocenters. The molecule has 30 heavy (non-hydrogen) atoms. The summed E-state index contributed by atoms with van der Waals surface area (Å²) in [7, 11) is 1.47. The zero-order chi connectivity index (χ0) is 21.6. The van der Waals surface area contributed by atoms with E-state index < -0.39 is 17.6 Å². The van der Waals surface area contributed by atoms with Gasteiger partial charge in [-0.1, -0.05) is 30.3 Å². The molecule has 8 nitrogen and oxygen atoms in total. The summed E-state index contributed by atoms with van der Waals surface area (Å²) >= 11 is 0. The highest BCUT2D eigenvalue weighted by atomic mass is 19.4. The van der Waals surface area contributed by atoms with Gasteiger partial charge in [0.1, 0.15) is 18.9 Å². The number of carbonyl (C=O) groups excluding carboxylic acids is 1. The molecule has 3 aromatic rings. The van der Waals surface area contributed by atoms with Crippen LogP contribution in [0.1, 0.15) is 5.56 Å². The first kappa shape index (κ1) is 21.2. The number of aromatic nitrogens is 4. The average Bonchev–Trinajstić information content (AvgIpc) is 3.17. The second-order valence-electron chi connectivity index (χ2n) is 6.11. The van der Waals surface area contributed by atoms with Gasteiger partial charge in [0.15, 0.2) is 0 Å². The van der Waals surface area contributed by atoms with Crippen LogP contribution in [-0.2, 0) is 22.3 Å². The number of nitrogens with one attached hydrogen (secondary N) is 1. The van der Waals surface area contributed by atoms with E-state index in [-0.39, 0.29) is 31.2 Å². The van der Waals surface area contributed by atoms with Crippen molar-refractivity contribution in [1.82, 2.24) is 20.2 Å². The quantitative estimate of drug-likeness (QED) is 0.563. The van der Waals surface area contributed by atoms with Crippen molar-refractivity contribution in [3.05, 3.63) is 54.1 Å². The summed E-state index contributed by atoms with van der Waals surface area (Å²) in [5.74, 6) is -0.223. The van der Waals surface area contributed by atoms with Crippen molar-refractivity contribution in [1.29, 1.82) is 0 Å². The molecule has 0 bridgehead atoms. The molecule has 0 aliphatic heterocycles. The lowest BCUT2D eigenvalue weighted by atomic mass is 10.1. The minimum Gasteiger partial charge on any atom is -0.489 e. The number of alkyl halides is 3. The molecule has 1 amide bonds. The van der Waals surface area contributed by atoms with Crippen molar-refractivity contribution in [3.63, 3.8) is 0 Å². The molecule has 158 valence electrons. The predicted octanol–water partition coefficient (Wildman–Crippen LogP) is 3.02. The molecule has 3 rings (SSSR count). The van der Waals surface area contributed by atoms with E-state index in [4.69, 9.17) is 9.47 Å². The maximum absolute atomic E-state index is 13.0. The van der Waals surface area contributed by atoms with Gasteiger partial charge in [-0.2, -0.15) is 18.0 Å². The fraction of sp³-hybridized carbons (Fsp3) is 0.263. The Morgan fingerprint density at radius 3 is 2.60 bits per heavy atom. The predicted molar refractivity (Wildman–Crippen MR) is 101 cm³/mol. The SMILES string of the molecule is COCCOc1ccc(C(F)(F)F)cc1NC(=O)Cn1nnc(-c2ccccc2)n1. The Bertz CT molecular complexity index is 993. The highest BCUT2D eigenvalue weighted by Gasteiger charge is 2.31. The van der Waals surface area contributed by atoms with E-state index >= 15 is 0 Å². The fourth-order valence-electron chi connectivity index (χ4n) is 2.50. The Hall–Kier alpha value is -3.47. The van der Waals surface area contributed by atoms with Gasteiger partial charge in [-0.15, -0.1) is 10.2 Å². The van der Waals surface area contributed by atoms with E-state index in [1.165, 1.54) is 7.11 Å². The molecule has 0 atom stereocenters. The van der Waals surface area contributed by atoms with E-state index in [0.717, 1.165) is 28.6 Å². The summed E-state index contributed by atoms with van der Waals surface area (Å²) in [5.41, 5.74) is -0.313. The summed E-state index contributed by atoms with van der Waals surface area (Å²) in [6.45, 7) is 0.00292. The monoisotopic (exact) mass is 421 g/mol. The van der Waals surface area contributed by atoms with E-state index in [0.29, 0.717) is 5.82 Å². The van der Waals surface area contributed by atoms with Gasteiger partial charge < -0.3 is 14.8 Å². The van der Waals surface area contributed by atoms with Crippen LogP contribution in [0.3, 0.4) is 0 Å². The number of rotatable bonds is 8. The van der Waals surface area contributed by atoms with Crippen LogP contribution in [0.5, 0.6) is 5.75 Å². The van der Waals surface area contributed by atoms with E-state index in [9.17, 15) is 18.0 Å². The van der Waals surface area contributed by atoms with Crippen molar-refractivity contribution in [2.24, 2.45) is 0 Å². The first-order valence-corrected chi connectivity index (χ1v) is 8.83. The highest BCUT2D eigenvalue weighted by Crippen LogP contribution is 2.35. The van der Waals surface area contributed by atoms with E-state index in [2.05, 4.69) is 20.7 Å². The molecule has 2 aromatic carbocycles. The number of carbonyl (C=O) groups is 1.